The molecule has 0 aliphatic heterocycles. The molecule has 0 aliphatic carbocycles. The van der Waals surface area contributed by atoms with Crippen LogP contribution in [0.3, 0.4) is 0 Å². The van der Waals surface area contributed by atoms with Gasteiger partial charge in [-0.3, -0.25) is 14.9 Å². The van der Waals surface area contributed by atoms with Crippen LogP contribution in [0.25, 0.3) is 0 Å². The van der Waals surface area contributed by atoms with Crippen molar-refractivity contribution in [1.82, 2.24) is 9.21 Å². The molecule has 0 fully saturated rings. The third-order valence-electron chi connectivity index (χ3n) is 4.32. The number of sulfonamides is 1. The molecule has 1 atom stereocenters. The topological polar surface area (TPSA) is 101 Å². The van der Waals surface area contributed by atoms with Crippen molar-refractivity contribution < 1.29 is 18.1 Å². The number of non-ortho nitro benzene ring substituents is 1. The van der Waals surface area contributed by atoms with Crippen LogP contribution in [0, 0.1) is 10.1 Å². The van der Waals surface area contributed by atoms with Crippen molar-refractivity contribution in [2.75, 3.05) is 21.1 Å². The van der Waals surface area contributed by atoms with Crippen molar-refractivity contribution in [2.45, 2.75) is 17.9 Å². The fraction of sp³-hybridized carbons (Fsp3) is 0.278. The Morgan fingerprint density at radius 3 is 2.30 bits per heavy atom. The molecule has 0 N–H and O–H groups in total. The van der Waals surface area contributed by atoms with Crippen molar-refractivity contribution in [3.8, 4) is 0 Å². The normalized spacial score (nSPS) is 12.6. The zero-order valence-electron chi connectivity index (χ0n) is 15.5. The van der Waals surface area contributed by atoms with Crippen molar-refractivity contribution in [1.29, 1.82) is 0 Å². The Labute approximate surface area is 158 Å². The summed E-state index contributed by atoms with van der Waals surface area (Å²) in [6.07, 6.45) is 0. The molecule has 8 nitrogen and oxygen atoms in total. The molecular formula is C18H21N3O5S. The number of hydrogen-bond acceptors (Lipinski definition) is 5. The summed E-state index contributed by atoms with van der Waals surface area (Å²) in [5, 5.41) is 11.0. The lowest BCUT2D eigenvalue weighted by Crippen LogP contribution is -2.30. The van der Waals surface area contributed by atoms with Gasteiger partial charge < -0.3 is 4.90 Å². The van der Waals surface area contributed by atoms with Gasteiger partial charge in [-0.25, -0.2) is 12.7 Å². The van der Waals surface area contributed by atoms with E-state index < -0.39 is 21.0 Å². The third-order valence-corrected chi connectivity index (χ3v) is 6.14. The Balaban J connectivity index is 2.32. The number of nitro benzene ring substituents is 1. The van der Waals surface area contributed by atoms with E-state index in [0.717, 1.165) is 4.31 Å². The van der Waals surface area contributed by atoms with Crippen LogP contribution in [0.15, 0.2) is 53.4 Å². The first-order valence-corrected chi connectivity index (χ1v) is 9.54. The average Bonchev–Trinajstić information content (AvgIpc) is 2.66. The van der Waals surface area contributed by atoms with Gasteiger partial charge in [0.25, 0.3) is 11.6 Å². The van der Waals surface area contributed by atoms with Crippen LogP contribution in [0.2, 0.25) is 0 Å². The van der Waals surface area contributed by atoms with E-state index in [1.807, 2.05) is 0 Å². The van der Waals surface area contributed by atoms with Crippen LogP contribution in [0.1, 0.15) is 28.9 Å². The van der Waals surface area contributed by atoms with E-state index >= 15 is 0 Å². The lowest BCUT2D eigenvalue weighted by Gasteiger charge is -2.25. The molecule has 0 heterocycles. The third kappa shape index (κ3) is 4.32. The first-order valence-electron chi connectivity index (χ1n) is 8.10. The molecule has 2 rings (SSSR count). The molecule has 1 amide bonds. The number of amides is 1. The average molecular weight is 391 g/mol. The molecule has 0 bridgehead atoms. The Morgan fingerprint density at radius 1 is 1.07 bits per heavy atom. The molecule has 9 heteroatoms. The maximum atomic E-state index is 12.8. The molecule has 2 aromatic rings. The van der Waals surface area contributed by atoms with E-state index in [0.29, 0.717) is 5.56 Å². The molecular weight excluding hydrogens is 370 g/mol. The molecule has 144 valence electrons. The summed E-state index contributed by atoms with van der Waals surface area (Å²) in [5.74, 6) is -0.384. The molecule has 0 saturated heterocycles. The summed E-state index contributed by atoms with van der Waals surface area (Å²) >= 11 is 0. The Bertz CT molecular complexity index is 972. The molecule has 0 aliphatic rings. The van der Waals surface area contributed by atoms with Gasteiger partial charge in [0.05, 0.1) is 15.9 Å². The Kier molecular flexibility index (Phi) is 5.97. The van der Waals surface area contributed by atoms with E-state index in [1.54, 1.807) is 26.1 Å². The van der Waals surface area contributed by atoms with E-state index in [1.165, 1.54) is 55.4 Å². The van der Waals surface area contributed by atoms with Crippen molar-refractivity contribution in [3.63, 3.8) is 0 Å². The van der Waals surface area contributed by atoms with Gasteiger partial charge in [-0.2, -0.15) is 0 Å². The smallest absolute Gasteiger partial charge is 0.269 e. The summed E-state index contributed by atoms with van der Waals surface area (Å²) < 4.78 is 25.6. The highest BCUT2D eigenvalue weighted by Crippen LogP contribution is 2.25. The largest absolute Gasteiger partial charge is 0.335 e. The minimum Gasteiger partial charge on any atom is -0.335 e. The number of nitrogens with zero attached hydrogens (tertiary/aromatic N) is 3. The summed E-state index contributed by atoms with van der Waals surface area (Å²) in [7, 11) is 0.744. The number of rotatable bonds is 6. The van der Waals surface area contributed by atoms with Gasteiger partial charge in [-0.05, 0) is 30.7 Å². The number of carbonyl (C=O) groups excluding carboxylic acids is 1. The second-order valence-corrected chi connectivity index (χ2v) is 8.41. The lowest BCUT2D eigenvalue weighted by atomic mass is 10.1. The van der Waals surface area contributed by atoms with Crippen LogP contribution in [-0.4, -0.2) is 49.6 Å². The van der Waals surface area contributed by atoms with Gasteiger partial charge in [0.1, 0.15) is 0 Å². The molecule has 27 heavy (non-hydrogen) atoms. The second-order valence-electron chi connectivity index (χ2n) is 6.26. The molecule has 0 aromatic heterocycles. The van der Waals surface area contributed by atoms with Crippen LogP contribution in [0.5, 0.6) is 0 Å². The maximum Gasteiger partial charge on any atom is 0.269 e. The number of nitro groups is 1. The first kappa shape index (κ1) is 20.5. The van der Waals surface area contributed by atoms with Gasteiger partial charge in [0.2, 0.25) is 10.0 Å². The van der Waals surface area contributed by atoms with Crippen LogP contribution in [-0.2, 0) is 10.0 Å². The molecule has 2 aromatic carbocycles. The van der Waals surface area contributed by atoms with E-state index in [4.69, 9.17) is 0 Å². The molecule has 0 radical (unpaired) electrons. The molecule has 0 saturated carbocycles. The minimum absolute atomic E-state index is 0.0229. The Hall–Kier alpha value is -2.78. The van der Waals surface area contributed by atoms with E-state index in [2.05, 4.69) is 0 Å². The highest BCUT2D eigenvalue weighted by atomic mass is 32.2. The number of benzene rings is 2. The predicted molar refractivity (Wildman–Crippen MR) is 101 cm³/mol. The van der Waals surface area contributed by atoms with Crippen LogP contribution < -0.4 is 0 Å². The van der Waals surface area contributed by atoms with Crippen LogP contribution >= 0.6 is 0 Å². The second kappa shape index (κ2) is 7.85. The number of carbonyl (C=O) groups is 1. The Morgan fingerprint density at radius 2 is 1.70 bits per heavy atom. The fourth-order valence-electron chi connectivity index (χ4n) is 2.50. The molecule has 1 unspecified atom stereocenters. The van der Waals surface area contributed by atoms with Crippen molar-refractivity contribution >= 4 is 21.6 Å². The predicted octanol–water partition coefficient (Wildman–Crippen LogP) is 2.68. The lowest BCUT2D eigenvalue weighted by molar-refractivity contribution is -0.384. The highest BCUT2D eigenvalue weighted by molar-refractivity contribution is 7.89. The highest BCUT2D eigenvalue weighted by Gasteiger charge is 2.23. The standard InChI is InChI=1S/C18H21N3O5S/c1-13(14-7-5-9-16(11-14)21(23)24)20(4)18(22)15-8-6-10-17(12-15)27(25,26)19(2)3/h5-13H,1-4H3. The molecule has 0 spiro atoms. The summed E-state index contributed by atoms with van der Waals surface area (Å²) in [4.78, 5) is 24.7. The van der Waals surface area contributed by atoms with Gasteiger partial charge in [0, 0.05) is 38.8 Å². The van der Waals surface area contributed by atoms with Gasteiger partial charge >= 0.3 is 0 Å². The first-order chi connectivity index (χ1) is 12.6. The SMILES string of the molecule is CC(c1cccc([N+](=O)[O-])c1)N(C)C(=O)c1cccc(S(=O)(=O)N(C)C)c1. The summed E-state index contributed by atoms with van der Waals surface area (Å²) in [5.41, 5.74) is 0.772. The van der Waals surface area contributed by atoms with Crippen LogP contribution in [0.4, 0.5) is 5.69 Å². The minimum atomic E-state index is -3.66. The zero-order chi connectivity index (χ0) is 20.4. The zero-order valence-corrected chi connectivity index (χ0v) is 16.3. The van der Waals surface area contributed by atoms with Crippen molar-refractivity contribution in [2.24, 2.45) is 0 Å². The van der Waals surface area contributed by atoms with Gasteiger partial charge in [0.15, 0.2) is 0 Å². The maximum absolute atomic E-state index is 12.8. The monoisotopic (exact) mass is 391 g/mol. The quantitative estimate of drug-likeness (QED) is 0.557. The number of hydrogen-bond donors (Lipinski definition) is 0. The summed E-state index contributed by atoms with van der Waals surface area (Å²) in [6.45, 7) is 1.75. The van der Waals surface area contributed by atoms with E-state index in [-0.39, 0.29) is 22.1 Å². The van der Waals surface area contributed by atoms with Gasteiger partial charge in [-0.15, -0.1) is 0 Å². The summed E-state index contributed by atoms with van der Waals surface area (Å²) in [6, 6.07) is 11.4. The van der Waals surface area contributed by atoms with E-state index in [9.17, 15) is 23.3 Å². The van der Waals surface area contributed by atoms with Crippen molar-refractivity contribution in [3.05, 3.63) is 69.8 Å². The van der Waals surface area contributed by atoms with Gasteiger partial charge in [-0.1, -0.05) is 18.2 Å². The fourth-order valence-corrected chi connectivity index (χ4v) is 3.45.